The van der Waals surface area contributed by atoms with Crippen LogP contribution < -0.4 is 5.73 Å². The van der Waals surface area contributed by atoms with Gasteiger partial charge in [-0.2, -0.15) is 0 Å². The smallest absolute Gasteiger partial charge is 0.125 e. The first kappa shape index (κ1) is 16.6. The lowest BCUT2D eigenvalue weighted by Crippen LogP contribution is -1.94. The minimum Gasteiger partial charge on any atom is -0.348 e. The van der Waals surface area contributed by atoms with Crippen molar-refractivity contribution in [3.63, 3.8) is 0 Å². The van der Waals surface area contributed by atoms with Crippen molar-refractivity contribution in [1.82, 2.24) is 4.57 Å². The molecule has 2 nitrogen and oxygen atoms in total. The fraction of sp³-hybridized carbons (Fsp3) is 0.467. The fourth-order valence-corrected chi connectivity index (χ4v) is 1.86. The molecule has 2 aromatic rings. The summed E-state index contributed by atoms with van der Waals surface area (Å²) in [6.07, 6.45) is 2.17. The molecular weight excluding hydrogens is 227 g/mol. The Hall–Kier alpha value is -1.35. The number of aryl methyl sites for hydroxylation is 2. The van der Waals surface area contributed by atoms with E-state index in [0.29, 0.717) is 0 Å². The van der Waals surface area contributed by atoms with Crippen molar-refractivity contribution in [3.05, 3.63) is 35.8 Å². The maximum atomic E-state index is 13.0. The van der Waals surface area contributed by atoms with E-state index in [9.17, 15) is 4.39 Å². The lowest BCUT2D eigenvalue weighted by molar-refractivity contribution is 0.628. The summed E-state index contributed by atoms with van der Waals surface area (Å²) in [5, 5.41) is 1.12. The van der Waals surface area contributed by atoms with Crippen LogP contribution in [0.4, 0.5) is 4.39 Å². The Labute approximate surface area is 110 Å². The van der Waals surface area contributed by atoms with Crippen molar-refractivity contribution in [2.45, 2.75) is 33.6 Å². The fourth-order valence-electron chi connectivity index (χ4n) is 1.86. The molecule has 0 radical (unpaired) electrons. The summed E-state index contributed by atoms with van der Waals surface area (Å²) in [6, 6.07) is 7.08. The number of nitrogens with zero attached hydrogens (tertiary/aromatic N) is 1. The van der Waals surface area contributed by atoms with Crippen LogP contribution in [0, 0.1) is 5.82 Å². The molecule has 0 atom stereocenters. The molecule has 3 heteroatoms. The van der Waals surface area contributed by atoms with Gasteiger partial charge < -0.3 is 10.3 Å². The van der Waals surface area contributed by atoms with Gasteiger partial charge in [0.1, 0.15) is 5.82 Å². The molecule has 1 aromatic carbocycles. The van der Waals surface area contributed by atoms with Gasteiger partial charge >= 0.3 is 0 Å². The second-order valence-electron chi connectivity index (χ2n) is 3.65. The van der Waals surface area contributed by atoms with E-state index in [-0.39, 0.29) is 5.82 Å². The molecule has 102 valence electrons. The number of hydrogen-bond donors (Lipinski definition) is 1. The minimum absolute atomic E-state index is 0.165. The summed E-state index contributed by atoms with van der Waals surface area (Å²) in [5.41, 5.74) is 6.75. The first-order chi connectivity index (χ1) is 8.72. The molecule has 0 spiro atoms. The van der Waals surface area contributed by atoms with E-state index in [1.165, 1.54) is 18.8 Å². The van der Waals surface area contributed by atoms with Crippen LogP contribution in [0.3, 0.4) is 0 Å². The standard InChI is InChI=1S/C12H14FN.C2H6.CH5N/c1-3-4-11-7-9-5-6-10(13)8-12(9)14(11)2;2*1-2/h5-8H,3-4H2,1-2H3;1-2H3;2H2,1H3. The lowest BCUT2D eigenvalue weighted by atomic mass is 10.2. The van der Waals surface area contributed by atoms with Gasteiger partial charge in [0.2, 0.25) is 0 Å². The van der Waals surface area contributed by atoms with Crippen LogP contribution in [-0.4, -0.2) is 11.6 Å². The van der Waals surface area contributed by atoms with E-state index in [0.717, 1.165) is 23.7 Å². The van der Waals surface area contributed by atoms with Crippen molar-refractivity contribution in [2.24, 2.45) is 12.8 Å². The number of benzene rings is 1. The molecule has 1 aromatic heterocycles. The van der Waals surface area contributed by atoms with Gasteiger partial charge in [-0.15, -0.1) is 0 Å². The summed E-state index contributed by atoms with van der Waals surface area (Å²) < 4.78 is 15.1. The number of fused-ring (bicyclic) bond motifs is 1. The Morgan fingerprint density at radius 2 is 1.78 bits per heavy atom. The van der Waals surface area contributed by atoms with E-state index in [1.54, 1.807) is 6.07 Å². The number of rotatable bonds is 2. The highest BCUT2D eigenvalue weighted by molar-refractivity contribution is 5.81. The topological polar surface area (TPSA) is 30.9 Å². The Bertz CT molecular complexity index is 461. The Kier molecular flexibility index (Phi) is 8.05. The number of nitrogens with two attached hydrogens (primary N) is 1. The molecule has 0 aliphatic carbocycles. The van der Waals surface area contributed by atoms with Crippen molar-refractivity contribution in [3.8, 4) is 0 Å². The summed E-state index contributed by atoms with van der Waals surface area (Å²) in [7, 11) is 3.49. The largest absolute Gasteiger partial charge is 0.348 e. The van der Waals surface area contributed by atoms with E-state index in [1.807, 2.05) is 27.0 Å². The third-order valence-electron chi connectivity index (χ3n) is 2.61. The normalized spacial score (nSPS) is 9.28. The van der Waals surface area contributed by atoms with Gasteiger partial charge in [-0.25, -0.2) is 4.39 Å². The van der Waals surface area contributed by atoms with Gasteiger partial charge in [0.15, 0.2) is 0 Å². The van der Waals surface area contributed by atoms with Gasteiger partial charge in [0, 0.05) is 18.1 Å². The molecule has 18 heavy (non-hydrogen) atoms. The van der Waals surface area contributed by atoms with Crippen molar-refractivity contribution in [2.75, 3.05) is 7.05 Å². The zero-order valence-electron chi connectivity index (χ0n) is 12.1. The molecule has 0 saturated carbocycles. The molecule has 2 N–H and O–H groups in total. The second-order valence-corrected chi connectivity index (χ2v) is 3.65. The molecule has 2 rings (SSSR count). The lowest BCUT2D eigenvalue weighted by Gasteiger charge is -2.01. The third kappa shape index (κ3) is 3.84. The first-order valence-corrected chi connectivity index (χ1v) is 6.54. The van der Waals surface area contributed by atoms with Crippen LogP contribution in [0.25, 0.3) is 10.9 Å². The van der Waals surface area contributed by atoms with Gasteiger partial charge in [0.25, 0.3) is 0 Å². The van der Waals surface area contributed by atoms with Crippen LogP contribution in [0.15, 0.2) is 24.3 Å². The first-order valence-electron chi connectivity index (χ1n) is 6.54. The zero-order chi connectivity index (χ0) is 14.1. The molecule has 1 heterocycles. The Morgan fingerprint density at radius 1 is 1.17 bits per heavy atom. The van der Waals surface area contributed by atoms with E-state index >= 15 is 0 Å². The zero-order valence-corrected chi connectivity index (χ0v) is 12.1. The molecule has 0 fully saturated rings. The number of halogens is 1. The monoisotopic (exact) mass is 252 g/mol. The molecule has 0 unspecified atom stereocenters. The molecule has 0 bridgehead atoms. The quantitative estimate of drug-likeness (QED) is 0.864. The predicted octanol–water partition coefficient (Wildman–Crippen LogP) is 3.87. The van der Waals surface area contributed by atoms with E-state index < -0.39 is 0 Å². The summed E-state index contributed by atoms with van der Waals surface area (Å²) in [4.78, 5) is 0. The summed E-state index contributed by atoms with van der Waals surface area (Å²) in [5.74, 6) is -0.165. The summed E-state index contributed by atoms with van der Waals surface area (Å²) in [6.45, 7) is 6.15. The molecule has 0 saturated heterocycles. The minimum atomic E-state index is -0.165. The van der Waals surface area contributed by atoms with Crippen LogP contribution in [0.2, 0.25) is 0 Å². The highest BCUT2D eigenvalue weighted by Gasteiger charge is 2.05. The average Bonchev–Trinajstić information content (AvgIpc) is 2.72. The maximum Gasteiger partial charge on any atom is 0.125 e. The van der Waals surface area contributed by atoms with Crippen molar-refractivity contribution < 1.29 is 4.39 Å². The predicted molar refractivity (Wildman–Crippen MR) is 78.3 cm³/mol. The van der Waals surface area contributed by atoms with Crippen molar-refractivity contribution >= 4 is 10.9 Å². The third-order valence-corrected chi connectivity index (χ3v) is 2.61. The number of aromatic nitrogens is 1. The molecular formula is C15H25FN2. The van der Waals surface area contributed by atoms with Crippen LogP contribution in [0.1, 0.15) is 32.9 Å². The second kappa shape index (κ2) is 8.70. The Morgan fingerprint density at radius 3 is 2.33 bits per heavy atom. The molecule has 0 aliphatic rings. The maximum absolute atomic E-state index is 13.0. The van der Waals surface area contributed by atoms with Crippen LogP contribution >= 0.6 is 0 Å². The van der Waals surface area contributed by atoms with E-state index in [4.69, 9.17) is 0 Å². The number of hydrogen-bond acceptors (Lipinski definition) is 1. The molecule has 0 aliphatic heterocycles. The van der Waals surface area contributed by atoms with Crippen molar-refractivity contribution in [1.29, 1.82) is 0 Å². The van der Waals surface area contributed by atoms with Gasteiger partial charge in [-0.1, -0.05) is 27.2 Å². The highest BCUT2D eigenvalue weighted by atomic mass is 19.1. The van der Waals surface area contributed by atoms with E-state index in [2.05, 4.69) is 23.3 Å². The summed E-state index contributed by atoms with van der Waals surface area (Å²) >= 11 is 0. The average molecular weight is 252 g/mol. The van der Waals surface area contributed by atoms with Gasteiger partial charge in [-0.3, -0.25) is 0 Å². The highest BCUT2D eigenvalue weighted by Crippen LogP contribution is 2.20. The Balaban J connectivity index is 0.000000659. The van der Waals surface area contributed by atoms with Gasteiger partial charge in [0.05, 0.1) is 5.52 Å². The van der Waals surface area contributed by atoms with Crippen LogP contribution in [0.5, 0.6) is 0 Å². The van der Waals surface area contributed by atoms with Gasteiger partial charge in [-0.05, 0) is 37.7 Å². The molecule has 0 amide bonds. The SMILES string of the molecule is CC.CCCc1cc2ccc(F)cc2n1C.CN. The van der Waals surface area contributed by atoms with Crippen LogP contribution in [-0.2, 0) is 13.5 Å².